The first-order valence-electron chi connectivity index (χ1n) is 3.52. The highest BCUT2D eigenvalue weighted by atomic mass is 16.5. The molecule has 2 N–H and O–H groups in total. The highest BCUT2D eigenvalue weighted by Crippen LogP contribution is 1.95. The van der Waals surface area contributed by atoms with E-state index in [1.807, 2.05) is 0 Å². The molecule has 0 saturated carbocycles. The Hall–Kier alpha value is -0.610. The molecule has 0 heterocycles. The first-order chi connectivity index (χ1) is 5.04. The maximum absolute atomic E-state index is 10.2. The minimum Gasteiger partial charge on any atom is -0.481 e. The van der Waals surface area contributed by atoms with Gasteiger partial charge in [0, 0.05) is 0 Å². The van der Waals surface area contributed by atoms with Gasteiger partial charge in [-0.3, -0.25) is 4.79 Å². The molecule has 0 aliphatic rings. The van der Waals surface area contributed by atoms with Crippen LogP contribution >= 0.6 is 0 Å². The van der Waals surface area contributed by atoms with Gasteiger partial charge in [-0.2, -0.15) is 0 Å². The molecule has 66 valence electrons. The first-order valence-corrected chi connectivity index (χ1v) is 3.52. The minimum absolute atomic E-state index is 0.153. The summed E-state index contributed by atoms with van der Waals surface area (Å²) in [7, 11) is 0. The third-order valence-electron chi connectivity index (χ3n) is 1.15. The van der Waals surface area contributed by atoms with E-state index in [1.165, 1.54) is 0 Å². The van der Waals surface area contributed by atoms with E-state index in [0.717, 1.165) is 0 Å². The van der Waals surface area contributed by atoms with E-state index in [4.69, 9.17) is 14.9 Å². The molecule has 11 heavy (non-hydrogen) atoms. The summed E-state index contributed by atoms with van der Waals surface area (Å²) in [5.41, 5.74) is 0. The van der Waals surface area contributed by atoms with Crippen LogP contribution < -0.4 is 0 Å². The topological polar surface area (TPSA) is 66.8 Å². The number of ether oxygens (including phenoxy) is 1. The molecular weight excluding hydrogens is 148 g/mol. The minimum atomic E-state index is -0.879. The molecule has 0 amide bonds. The van der Waals surface area contributed by atoms with E-state index in [2.05, 4.69) is 0 Å². The van der Waals surface area contributed by atoms with Crippen LogP contribution in [0, 0.1) is 5.92 Å². The first kappa shape index (κ1) is 10.4. The van der Waals surface area contributed by atoms with Crippen LogP contribution in [0.2, 0.25) is 0 Å². The van der Waals surface area contributed by atoms with Crippen molar-refractivity contribution < 1.29 is 19.7 Å². The van der Waals surface area contributed by atoms with Gasteiger partial charge < -0.3 is 14.9 Å². The summed E-state index contributed by atoms with van der Waals surface area (Å²) >= 11 is 0. The standard InChI is InChI=1S/C7H14O4/c1-5(7(9)10)3-11-4-6(2)8/h5-6,8H,3-4H2,1-2H3,(H,9,10). The molecule has 0 aromatic carbocycles. The average molecular weight is 162 g/mol. The van der Waals surface area contributed by atoms with Crippen LogP contribution in [-0.4, -0.2) is 35.5 Å². The summed E-state index contributed by atoms with van der Waals surface area (Å²) < 4.78 is 4.89. The number of aliphatic carboxylic acids is 1. The van der Waals surface area contributed by atoms with E-state index in [0.29, 0.717) is 0 Å². The number of carboxylic acid groups (broad SMARTS) is 1. The SMILES string of the molecule is CC(O)COCC(C)C(=O)O. The van der Waals surface area contributed by atoms with Gasteiger partial charge in [-0.25, -0.2) is 0 Å². The summed E-state index contributed by atoms with van der Waals surface area (Å²) in [6.45, 7) is 3.49. The van der Waals surface area contributed by atoms with Gasteiger partial charge in [0.25, 0.3) is 0 Å². The van der Waals surface area contributed by atoms with Crippen molar-refractivity contribution >= 4 is 5.97 Å². The molecule has 2 unspecified atom stereocenters. The van der Waals surface area contributed by atoms with E-state index >= 15 is 0 Å². The Morgan fingerprint density at radius 2 is 2.00 bits per heavy atom. The van der Waals surface area contributed by atoms with E-state index in [9.17, 15) is 4.79 Å². The van der Waals surface area contributed by atoms with E-state index in [1.54, 1.807) is 13.8 Å². The number of aliphatic hydroxyl groups is 1. The second-order valence-corrected chi connectivity index (χ2v) is 2.63. The molecule has 0 bridgehead atoms. The van der Waals surface area contributed by atoms with E-state index < -0.39 is 18.0 Å². The molecule has 0 spiro atoms. The van der Waals surface area contributed by atoms with Crippen LogP contribution in [0.4, 0.5) is 0 Å². The van der Waals surface area contributed by atoms with Gasteiger partial charge in [0.15, 0.2) is 0 Å². The zero-order valence-electron chi connectivity index (χ0n) is 6.78. The van der Waals surface area contributed by atoms with Gasteiger partial charge in [-0.15, -0.1) is 0 Å². The lowest BCUT2D eigenvalue weighted by Crippen LogP contribution is -2.19. The summed E-state index contributed by atoms with van der Waals surface area (Å²) in [5.74, 6) is -1.38. The number of carboxylic acids is 1. The molecule has 0 saturated heterocycles. The predicted octanol–water partition coefficient (Wildman–Crippen LogP) is 0.104. The van der Waals surface area contributed by atoms with Gasteiger partial charge in [0.2, 0.25) is 0 Å². The number of hydrogen-bond donors (Lipinski definition) is 2. The number of hydrogen-bond acceptors (Lipinski definition) is 3. The molecule has 0 radical (unpaired) electrons. The summed E-state index contributed by atoms with van der Waals surface area (Å²) in [5, 5.41) is 17.1. The van der Waals surface area contributed by atoms with Crippen LogP contribution in [0.3, 0.4) is 0 Å². The molecule has 0 aliphatic heterocycles. The fourth-order valence-corrected chi connectivity index (χ4v) is 0.487. The lowest BCUT2D eigenvalue weighted by Gasteiger charge is -2.08. The summed E-state index contributed by atoms with van der Waals surface area (Å²) in [6.07, 6.45) is -0.531. The number of rotatable bonds is 5. The quantitative estimate of drug-likeness (QED) is 0.602. The van der Waals surface area contributed by atoms with Crippen LogP contribution in [0.1, 0.15) is 13.8 Å². The zero-order chi connectivity index (χ0) is 8.85. The maximum atomic E-state index is 10.2. The van der Waals surface area contributed by atoms with Crippen LogP contribution in [0.15, 0.2) is 0 Å². The van der Waals surface area contributed by atoms with Crippen molar-refractivity contribution in [2.24, 2.45) is 5.92 Å². The Bertz CT molecular complexity index is 122. The van der Waals surface area contributed by atoms with Crippen molar-refractivity contribution in [2.45, 2.75) is 20.0 Å². The normalized spacial score (nSPS) is 15.9. The number of aliphatic hydroxyl groups excluding tert-OH is 1. The Morgan fingerprint density at radius 1 is 1.45 bits per heavy atom. The van der Waals surface area contributed by atoms with Crippen molar-refractivity contribution in [1.82, 2.24) is 0 Å². The second-order valence-electron chi connectivity index (χ2n) is 2.63. The maximum Gasteiger partial charge on any atom is 0.308 e. The largest absolute Gasteiger partial charge is 0.481 e. The van der Waals surface area contributed by atoms with Crippen LogP contribution in [-0.2, 0) is 9.53 Å². The average Bonchev–Trinajstić information content (AvgIpc) is 1.86. The Balaban J connectivity index is 3.31. The van der Waals surface area contributed by atoms with Crippen LogP contribution in [0.5, 0.6) is 0 Å². The monoisotopic (exact) mass is 162 g/mol. The van der Waals surface area contributed by atoms with Gasteiger partial charge >= 0.3 is 5.97 Å². The van der Waals surface area contributed by atoms with Gasteiger partial charge in [0.1, 0.15) is 0 Å². The molecule has 0 aromatic heterocycles. The fourth-order valence-electron chi connectivity index (χ4n) is 0.487. The molecule has 0 aliphatic carbocycles. The lowest BCUT2D eigenvalue weighted by atomic mass is 10.2. The van der Waals surface area contributed by atoms with Gasteiger partial charge in [-0.05, 0) is 13.8 Å². The Morgan fingerprint density at radius 3 is 2.36 bits per heavy atom. The molecule has 0 rings (SSSR count). The second kappa shape index (κ2) is 5.09. The predicted molar refractivity (Wildman–Crippen MR) is 39.3 cm³/mol. The third kappa shape index (κ3) is 5.82. The molecule has 0 aromatic rings. The molecule has 4 heteroatoms. The fraction of sp³-hybridized carbons (Fsp3) is 0.857. The van der Waals surface area contributed by atoms with Gasteiger partial charge in [-0.1, -0.05) is 0 Å². The van der Waals surface area contributed by atoms with Crippen molar-refractivity contribution in [1.29, 1.82) is 0 Å². The zero-order valence-corrected chi connectivity index (χ0v) is 6.78. The molecule has 2 atom stereocenters. The smallest absolute Gasteiger partial charge is 0.308 e. The lowest BCUT2D eigenvalue weighted by molar-refractivity contribution is -0.143. The molecule has 0 fully saturated rings. The van der Waals surface area contributed by atoms with Crippen molar-refractivity contribution in [3.8, 4) is 0 Å². The molecule has 4 nitrogen and oxygen atoms in total. The molecular formula is C7H14O4. The third-order valence-corrected chi connectivity index (χ3v) is 1.15. The number of carbonyl (C=O) groups is 1. The van der Waals surface area contributed by atoms with E-state index in [-0.39, 0.29) is 13.2 Å². The Labute approximate surface area is 65.8 Å². The van der Waals surface area contributed by atoms with Crippen LogP contribution in [0.25, 0.3) is 0 Å². The van der Waals surface area contributed by atoms with Gasteiger partial charge in [0.05, 0.1) is 25.2 Å². The highest BCUT2D eigenvalue weighted by Gasteiger charge is 2.10. The summed E-state index contributed by atoms with van der Waals surface area (Å²) in [4.78, 5) is 10.2. The Kier molecular flexibility index (Phi) is 4.81. The van der Waals surface area contributed by atoms with Crippen molar-refractivity contribution in [2.75, 3.05) is 13.2 Å². The summed E-state index contributed by atoms with van der Waals surface area (Å²) in [6, 6.07) is 0. The van der Waals surface area contributed by atoms with Crippen molar-refractivity contribution in [3.05, 3.63) is 0 Å². The van der Waals surface area contributed by atoms with Crippen molar-refractivity contribution in [3.63, 3.8) is 0 Å². The highest BCUT2D eigenvalue weighted by molar-refractivity contribution is 5.69.